The molecule has 5 nitrogen and oxygen atoms in total. The fourth-order valence-corrected chi connectivity index (χ4v) is 3.26. The third kappa shape index (κ3) is 3.35. The van der Waals surface area contributed by atoms with E-state index < -0.39 is 10.0 Å². The van der Waals surface area contributed by atoms with Crippen LogP contribution >= 0.6 is 22.6 Å². The fourth-order valence-electron chi connectivity index (χ4n) is 1.46. The third-order valence-corrected chi connectivity index (χ3v) is 4.72. The van der Waals surface area contributed by atoms with E-state index in [4.69, 9.17) is 0 Å². The Bertz CT molecular complexity index is 689. The molecule has 0 unspecified atom stereocenters. The van der Waals surface area contributed by atoms with Crippen molar-refractivity contribution >= 4 is 44.1 Å². The highest BCUT2D eigenvalue weighted by atomic mass is 127. The van der Waals surface area contributed by atoms with Gasteiger partial charge in [0.1, 0.15) is 5.82 Å². The van der Waals surface area contributed by atoms with Crippen molar-refractivity contribution in [2.45, 2.75) is 4.90 Å². The summed E-state index contributed by atoms with van der Waals surface area (Å²) in [4.78, 5) is 4.16. The van der Waals surface area contributed by atoms with Gasteiger partial charge >= 0.3 is 0 Å². The topological polar surface area (TPSA) is 71.1 Å². The molecule has 19 heavy (non-hydrogen) atoms. The number of hydrogen-bond acceptors (Lipinski definition) is 4. The molecule has 0 aliphatic carbocycles. The predicted molar refractivity (Wildman–Crippen MR) is 83.8 cm³/mol. The van der Waals surface area contributed by atoms with E-state index >= 15 is 0 Å². The van der Waals surface area contributed by atoms with Crippen LogP contribution in [0.4, 0.5) is 11.5 Å². The van der Waals surface area contributed by atoms with Crippen molar-refractivity contribution in [1.29, 1.82) is 0 Å². The molecule has 2 N–H and O–H groups in total. The second kappa shape index (κ2) is 5.74. The van der Waals surface area contributed by atoms with Gasteiger partial charge in [-0.3, -0.25) is 4.72 Å². The average Bonchev–Trinajstić information content (AvgIpc) is 2.41. The summed E-state index contributed by atoms with van der Waals surface area (Å²) in [6.45, 7) is 0. The van der Waals surface area contributed by atoms with E-state index in [9.17, 15) is 8.42 Å². The Morgan fingerprint density at radius 2 is 1.95 bits per heavy atom. The van der Waals surface area contributed by atoms with Crippen molar-refractivity contribution in [3.63, 3.8) is 0 Å². The van der Waals surface area contributed by atoms with Gasteiger partial charge in [0.05, 0.1) is 10.6 Å². The molecule has 2 aromatic rings. The van der Waals surface area contributed by atoms with Crippen molar-refractivity contribution in [3.8, 4) is 0 Å². The molecule has 1 aromatic heterocycles. The molecule has 0 aliphatic rings. The maximum absolute atomic E-state index is 12.3. The van der Waals surface area contributed by atoms with E-state index in [0.717, 1.165) is 3.57 Å². The van der Waals surface area contributed by atoms with Gasteiger partial charge in [0.25, 0.3) is 10.0 Å². The van der Waals surface area contributed by atoms with Gasteiger partial charge in [-0.1, -0.05) is 12.1 Å². The quantitative estimate of drug-likeness (QED) is 0.789. The van der Waals surface area contributed by atoms with Crippen molar-refractivity contribution in [1.82, 2.24) is 4.98 Å². The summed E-state index contributed by atoms with van der Waals surface area (Å²) < 4.78 is 27.9. The second-order valence-electron chi connectivity index (χ2n) is 3.71. The summed E-state index contributed by atoms with van der Waals surface area (Å²) >= 11 is 2.08. The van der Waals surface area contributed by atoms with Crippen LogP contribution in [0.2, 0.25) is 0 Å². The van der Waals surface area contributed by atoms with Crippen molar-refractivity contribution in [2.75, 3.05) is 17.1 Å². The molecule has 0 saturated carbocycles. The monoisotopic (exact) mass is 389 g/mol. The first kappa shape index (κ1) is 14.1. The number of para-hydroxylation sites is 1. The zero-order valence-electron chi connectivity index (χ0n) is 10.1. The van der Waals surface area contributed by atoms with Gasteiger partial charge in [0, 0.05) is 22.9 Å². The Morgan fingerprint density at radius 3 is 2.63 bits per heavy atom. The van der Waals surface area contributed by atoms with Crippen LogP contribution in [-0.2, 0) is 10.0 Å². The minimum Gasteiger partial charge on any atom is -0.373 e. The largest absolute Gasteiger partial charge is 0.373 e. The number of pyridine rings is 1. The number of benzene rings is 1. The van der Waals surface area contributed by atoms with E-state index in [1.807, 2.05) is 12.1 Å². The number of nitrogens with zero attached hydrogens (tertiary/aromatic N) is 1. The maximum Gasteiger partial charge on any atom is 0.262 e. The van der Waals surface area contributed by atoms with E-state index in [-0.39, 0.29) is 4.90 Å². The molecule has 2 rings (SSSR count). The van der Waals surface area contributed by atoms with Crippen LogP contribution in [-0.4, -0.2) is 20.4 Å². The first-order chi connectivity index (χ1) is 9.03. The summed E-state index contributed by atoms with van der Waals surface area (Å²) in [7, 11) is -1.92. The molecule has 7 heteroatoms. The van der Waals surface area contributed by atoms with Gasteiger partial charge in [0.15, 0.2) is 0 Å². The van der Waals surface area contributed by atoms with Crippen LogP contribution < -0.4 is 10.0 Å². The molecule has 0 amide bonds. The van der Waals surface area contributed by atoms with E-state index in [1.165, 1.54) is 18.3 Å². The standard InChI is InChI=1S/C12H12IN3O2S/c1-14-12-8-9(6-7-15-12)19(17,18)16-11-5-3-2-4-10(11)13/h2-8,16H,1H3,(H,14,15). The normalized spacial score (nSPS) is 11.1. The zero-order chi connectivity index (χ0) is 13.9. The Labute approximate surface area is 125 Å². The van der Waals surface area contributed by atoms with Crippen LogP contribution in [0, 0.1) is 3.57 Å². The first-order valence-corrected chi connectivity index (χ1v) is 8.00. The summed E-state index contributed by atoms with van der Waals surface area (Å²) in [6.07, 6.45) is 1.45. The van der Waals surface area contributed by atoms with Gasteiger partial charge in [-0.05, 0) is 40.8 Å². The molecule has 0 spiro atoms. The molecule has 0 saturated heterocycles. The lowest BCUT2D eigenvalue weighted by atomic mass is 10.3. The van der Waals surface area contributed by atoms with Crippen LogP contribution in [0.1, 0.15) is 0 Å². The van der Waals surface area contributed by atoms with Crippen molar-refractivity contribution in [3.05, 3.63) is 46.2 Å². The SMILES string of the molecule is CNc1cc(S(=O)(=O)Nc2ccccc2I)ccn1. The number of hydrogen-bond donors (Lipinski definition) is 2. The summed E-state index contributed by atoms with van der Waals surface area (Å²) in [5.41, 5.74) is 0.561. The highest BCUT2D eigenvalue weighted by molar-refractivity contribution is 14.1. The molecule has 0 aliphatic heterocycles. The molecule has 0 atom stereocenters. The number of aromatic nitrogens is 1. The fraction of sp³-hybridized carbons (Fsp3) is 0.0833. The van der Waals surface area contributed by atoms with Crippen LogP contribution in [0.25, 0.3) is 0 Å². The van der Waals surface area contributed by atoms with Gasteiger partial charge < -0.3 is 5.32 Å². The van der Waals surface area contributed by atoms with Crippen LogP contribution in [0.5, 0.6) is 0 Å². The molecule has 0 radical (unpaired) electrons. The van der Waals surface area contributed by atoms with E-state index in [0.29, 0.717) is 11.5 Å². The van der Waals surface area contributed by atoms with Crippen molar-refractivity contribution in [2.24, 2.45) is 0 Å². The maximum atomic E-state index is 12.3. The van der Waals surface area contributed by atoms with Crippen LogP contribution in [0.3, 0.4) is 0 Å². The van der Waals surface area contributed by atoms with Gasteiger partial charge in [-0.25, -0.2) is 13.4 Å². The molecule has 1 aromatic carbocycles. The molecule has 1 heterocycles. The smallest absolute Gasteiger partial charge is 0.262 e. The number of rotatable bonds is 4. The van der Waals surface area contributed by atoms with Gasteiger partial charge in [-0.2, -0.15) is 0 Å². The van der Waals surface area contributed by atoms with E-state index in [2.05, 4.69) is 37.6 Å². The van der Waals surface area contributed by atoms with Gasteiger partial charge in [0.2, 0.25) is 0 Å². The minimum atomic E-state index is -3.60. The third-order valence-electron chi connectivity index (χ3n) is 2.42. The predicted octanol–water partition coefficient (Wildman–Crippen LogP) is 2.53. The highest BCUT2D eigenvalue weighted by Crippen LogP contribution is 2.21. The molecule has 100 valence electrons. The lowest BCUT2D eigenvalue weighted by Gasteiger charge is -2.10. The first-order valence-electron chi connectivity index (χ1n) is 5.44. The summed E-state index contributed by atoms with van der Waals surface area (Å²) in [6, 6.07) is 10.1. The Hall–Kier alpha value is -1.35. The average molecular weight is 389 g/mol. The summed E-state index contributed by atoms with van der Waals surface area (Å²) in [5.74, 6) is 0.505. The number of sulfonamides is 1. The van der Waals surface area contributed by atoms with Crippen molar-refractivity contribution < 1.29 is 8.42 Å². The second-order valence-corrected chi connectivity index (χ2v) is 6.56. The van der Waals surface area contributed by atoms with E-state index in [1.54, 1.807) is 19.2 Å². The van der Waals surface area contributed by atoms with Crippen LogP contribution in [0.15, 0.2) is 47.5 Å². The molecular weight excluding hydrogens is 377 g/mol. The number of halogens is 1. The molecule has 0 fully saturated rings. The zero-order valence-corrected chi connectivity index (χ0v) is 13.1. The lowest BCUT2D eigenvalue weighted by molar-refractivity contribution is 0.601. The minimum absolute atomic E-state index is 0.173. The molecule has 0 bridgehead atoms. The summed E-state index contributed by atoms with van der Waals surface area (Å²) in [5, 5.41) is 2.81. The highest BCUT2D eigenvalue weighted by Gasteiger charge is 2.15. The molecular formula is C12H12IN3O2S. The number of anilines is 2. The number of nitrogens with one attached hydrogen (secondary N) is 2. The lowest BCUT2D eigenvalue weighted by Crippen LogP contribution is -2.14. The Morgan fingerprint density at radius 1 is 1.21 bits per heavy atom. The Kier molecular flexibility index (Phi) is 4.25. The Balaban J connectivity index is 2.35. The van der Waals surface area contributed by atoms with Gasteiger partial charge in [-0.15, -0.1) is 0 Å².